The summed E-state index contributed by atoms with van der Waals surface area (Å²) < 4.78 is 37.8. The molecule has 394 valence electrons. The van der Waals surface area contributed by atoms with Crippen molar-refractivity contribution in [2.24, 2.45) is 57.2 Å². The van der Waals surface area contributed by atoms with Gasteiger partial charge >= 0.3 is 5.97 Å². The van der Waals surface area contributed by atoms with Gasteiger partial charge in [-0.15, -0.1) is 0 Å². The topological polar surface area (TPSA) is 216 Å². The molecule has 0 heterocycles. The summed E-state index contributed by atoms with van der Waals surface area (Å²) in [6.45, 7) is 16.0. The van der Waals surface area contributed by atoms with Crippen molar-refractivity contribution in [1.82, 2.24) is 0 Å². The Balaban J connectivity index is 0.000000230. The maximum atomic E-state index is 17.1. The van der Waals surface area contributed by atoms with Crippen LogP contribution in [0.4, 0.5) is 8.78 Å². The molecule has 6 fully saturated rings. The Bertz CT molecular complexity index is 2250. The average molecular weight is 1180 g/mol. The molecule has 8 aliphatic rings. The first-order valence-corrected chi connectivity index (χ1v) is 26.5. The zero-order valence-electron chi connectivity index (χ0n) is 41.3. The zero-order valence-corrected chi connectivity index (χ0v) is 46.0. The van der Waals surface area contributed by atoms with Crippen molar-refractivity contribution >= 4 is 75.8 Å². The predicted octanol–water partition coefficient (Wildman–Crippen LogP) is 8.03. The third kappa shape index (κ3) is 8.56. The van der Waals surface area contributed by atoms with E-state index in [1.165, 1.54) is 12.2 Å². The number of Topliss-reactive ketones (excluding diaryl/α,β-unsaturated/α-hetero) is 2. The zero-order chi connectivity index (χ0) is 52.3. The molecule has 8 rings (SSSR count). The minimum absolute atomic E-state index is 0. The molecule has 0 radical (unpaired) electrons. The summed E-state index contributed by atoms with van der Waals surface area (Å²) in [5.74, 6) is -4.78. The van der Waals surface area contributed by atoms with Crippen molar-refractivity contribution in [2.45, 2.75) is 178 Å². The number of alkyl halides is 4. The van der Waals surface area contributed by atoms with Crippen LogP contribution in [-0.4, -0.2) is 121 Å². The van der Waals surface area contributed by atoms with E-state index in [1.54, 1.807) is 93.5 Å². The highest BCUT2D eigenvalue weighted by molar-refractivity contribution is 9.20. The van der Waals surface area contributed by atoms with Crippen LogP contribution in [0, 0.1) is 57.2 Å². The lowest BCUT2D eigenvalue weighted by atomic mass is 9.44. The van der Waals surface area contributed by atoms with Gasteiger partial charge in [-0.1, -0.05) is 102 Å². The van der Waals surface area contributed by atoms with E-state index in [2.05, 4.69) is 47.8 Å². The number of ether oxygens (including phenoxy) is 1. The number of fused-ring (bicyclic) bond motifs is 10. The molecule has 6 saturated carbocycles. The highest BCUT2D eigenvalue weighted by Gasteiger charge is 2.77. The Kier molecular flexibility index (Phi) is 16.4. The van der Waals surface area contributed by atoms with Gasteiger partial charge in [0.1, 0.15) is 22.1 Å². The molecular formula is C53H75Br3F2O12. The molecule has 0 aromatic heterocycles. The van der Waals surface area contributed by atoms with Gasteiger partial charge in [-0.25, -0.2) is 8.78 Å². The van der Waals surface area contributed by atoms with Crippen molar-refractivity contribution in [3.63, 3.8) is 0 Å². The number of rotatable bonds is 7. The third-order valence-electron chi connectivity index (χ3n) is 18.8. The van der Waals surface area contributed by atoms with Gasteiger partial charge in [0.25, 0.3) is 0 Å². The molecular weight excluding hydrogens is 1110 g/mol. The fourth-order valence-electron chi connectivity index (χ4n) is 14.9. The quantitative estimate of drug-likeness (QED) is 0.0619. The number of ketones is 3. The second-order valence-electron chi connectivity index (χ2n) is 23.3. The van der Waals surface area contributed by atoms with Gasteiger partial charge in [-0.3, -0.25) is 24.0 Å². The van der Waals surface area contributed by atoms with E-state index in [9.17, 15) is 54.6 Å². The first kappa shape index (κ1) is 59.1. The van der Waals surface area contributed by atoms with Gasteiger partial charge < -0.3 is 35.4 Å². The standard InChI is InChI=1S/C26H34BrFO6.C22H31FO5.C4H6Br2O.CH4/c1-14-10-18-17-7-6-15-11-16(29)8-9-23(15,4)25(17,28)19(30)12-24(18,5)26(14,33)20(31)13-34-21(32)22(2,3)27;1-12-8-16-15-5-4-13-9-14(25)6-7-19(13,2)21(15,23)17(26)10-20(16,3)22(12,28)18(27)11-24;1-4(2,6)3(5)7;/h8-9,11,14,17-19,30,33H,6-7,10,12-13H2,1-5H3;6-7,9,12,14-17,24-26,28H,4-5,8,10-11H2,1-3H3;1-2H3;1H4. The molecule has 0 amide bonds. The number of hydrogen-bond donors (Lipinski definition) is 6. The Hall–Kier alpha value is -1.83. The van der Waals surface area contributed by atoms with Gasteiger partial charge in [0.2, 0.25) is 10.5 Å². The van der Waals surface area contributed by atoms with Crippen LogP contribution in [0.15, 0.2) is 47.6 Å². The van der Waals surface area contributed by atoms with E-state index >= 15 is 8.78 Å². The van der Waals surface area contributed by atoms with E-state index in [0.29, 0.717) is 44.1 Å². The van der Waals surface area contributed by atoms with Crippen LogP contribution in [0.5, 0.6) is 0 Å². The largest absolute Gasteiger partial charge is 0.457 e. The summed E-state index contributed by atoms with van der Waals surface area (Å²) >= 11 is 9.16. The van der Waals surface area contributed by atoms with Crippen LogP contribution in [0.3, 0.4) is 0 Å². The molecule has 0 saturated heterocycles. The Morgan fingerprint density at radius 2 is 1.17 bits per heavy atom. The molecule has 0 aliphatic heterocycles. The third-order valence-corrected chi connectivity index (χ3v) is 21.0. The summed E-state index contributed by atoms with van der Waals surface area (Å²) in [6, 6.07) is 0. The summed E-state index contributed by atoms with van der Waals surface area (Å²) in [5, 5.41) is 65.2. The Morgan fingerprint density at radius 3 is 1.60 bits per heavy atom. The fourth-order valence-corrected chi connectivity index (χ4v) is 15.0. The first-order chi connectivity index (χ1) is 31.4. The summed E-state index contributed by atoms with van der Waals surface area (Å²) in [7, 11) is 0. The second kappa shape index (κ2) is 19.4. The fraction of sp³-hybridized carbons (Fsp3) is 0.755. The predicted molar refractivity (Wildman–Crippen MR) is 271 cm³/mol. The lowest BCUT2D eigenvalue weighted by Crippen LogP contribution is -2.69. The van der Waals surface area contributed by atoms with Gasteiger partial charge in [0, 0.05) is 33.5 Å². The van der Waals surface area contributed by atoms with Crippen molar-refractivity contribution in [3.8, 4) is 0 Å². The summed E-state index contributed by atoms with van der Waals surface area (Å²) in [4.78, 5) is 60.4. The van der Waals surface area contributed by atoms with Crippen LogP contribution in [0.1, 0.15) is 128 Å². The van der Waals surface area contributed by atoms with Crippen molar-refractivity contribution in [2.75, 3.05) is 13.2 Å². The van der Waals surface area contributed by atoms with Gasteiger partial charge in [-0.2, -0.15) is 0 Å². The monoisotopic (exact) mass is 1180 g/mol. The molecule has 6 N–H and O–H groups in total. The smallest absolute Gasteiger partial charge is 0.322 e. The maximum absolute atomic E-state index is 17.1. The highest BCUT2D eigenvalue weighted by atomic mass is 79.9. The van der Waals surface area contributed by atoms with E-state index in [-0.39, 0.29) is 42.6 Å². The molecule has 0 aromatic rings. The van der Waals surface area contributed by atoms with E-state index in [0.717, 1.165) is 5.57 Å². The summed E-state index contributed by atoms with van der Waals surface area (Å²) in [6.07, 6.45) is 8.58. The van der Waals surface area contributed by atoms with Crippen LogP contribution >= 0.6 is 47.8 Å². The Labute approximate surface area is 437 Å². The van der Waals surface area contributed by atoms with Crippen LogP contribution < -0.4 is 0 Å². The number of esters is 1. The average Bonchev–Trinajstić information content (AvgIpc) is 3.58. The van der Waals surface area contributed by atoms with Crippen molar-refractivity contribution < 1.29 is 68.1 Å². The lowest BCUT2D eigenvalue weighted by Gasteiger charge is -2.62. The molecule has 17 heteroatoms. The molecule has 17 atom stereocenters. The number of carbonyl (C=O) groups excluding carboxylic acids is 5. The van der Waals surface area contributed by atoms with Gasteiger partial charge in [0.05, 0.1) is 22.6 Å². The SMILES string of the molecule is C.CC(C)(Br)C(=O)Br.CC1CC2C3CCC4=CC(=O)C=CC4(C)C3(F)C(O)CC2(C)C1(O)C(=O)COC(=O)C(C)(C)Br.CC1CC2C3CCC4=CC(O)C=CC4(C)C3(F)C(O)CC2(C)C1(O)C(=O)CO. The lowest BCUT2D eigenvalue weighted by molar-refractivity contribution is -0.220. The molecule has 0 spiro atoms. The van der Waals surface area contributed by atoms with Gasteiger partial charge in [-0.05, 0) is 145 Å². The normalized spacial score (nSPS) is 45.4. The number of allylic oxidation sites excluding steroid dienone is 6. The molecule has 70 heavy (non-hydrogen) atoms. The second-order valence-corrected chi connectivity index (χ2v) is 28.0. The van der Waals surface area contributed by atoms with Crippen LogP contribution in [0.25, 0.3) is 0 Å². The van der Waals surface area contributed by atoms with Crippen molar-refractivity contribution in [1.29, 1.82) is 0 Å². The minimum Gasteiger partial charge on any atom is -0.457 e. The molecule has 17 unspecified atom stereocenters. The highest BCUT2D eigenvalue weighted by Crippen LogP contribution is 2.72. The first-order valence-electron chi connectivity index (χ1n) is 24.1. The van der Waals surface area contributed by atoms with E-state index < -0.39 is 126 Å². The number of halogens is 5. The van der Waals surface area contributed by atoms with E-state index in [1.807, 2.05) is 0 Å². The van der Waals surface area contributed by atoms with Crippen LogP contribution in [0.2, 0.25) is 0 Å². The van der Waals surface area contributed by atoms with Crippen molar-refractivity contribution in [3.05, 3.63) is 47.6 Å². The Morgan fingerprint density at radius 1 is 0.743 bits per heavy atom. The number of aliphatic hydroxyl groups excluding tert-OH is 4. The minimum atomic E-state index is -2.03. The number of aliphatic hydroxyl groups is 6. The van der Waals surface area contributed by atoms with Crippen LogP contribution in [-0.2, 0) is 28.7 Å². The maximum Gasteiger partial charge on any atom is 0.322 e. The molecule has 8 aliphatic carbocycles. The molecule has 0 bridgehead atoms. The summed E-state index contributed by atoms with van der Waals surface area (Å²) in [5.41, 5.74) is -10.4. The molecule has 12 nitrogen and oxygen atoms in total. The van der Waals surface area contributed by atoms with Gasteiger partial charge in [0.15, 0.2) is 29.5 Å². The number of carbonyl (C=O) groups is 5. The van der Waals surface area contributed by atoms with E-state index in [4.69, 9.17) is 4.74 Å². The molecule has 0 aromatic carbocycles. The number of hydrogen-bond acceptors (Lipinski definition) is 12.